The maximum Gasteiger partial charge on any atom is 0.361 e. The van der Waals surface area contributed by atoms with Crippen LogP contribution < -0.4 is 5.73 Å². The summed E-state index contributed by atoms with van der Waals surface area (Å²) >= 11 is 2.13. The van der Waals surface area contributed by atoms with Crippen LogP contribution in [0.4, 0.5) is 5.69 Å². The molecule has 0 aliphatic rings. The molecule has 3 rings (SSSR count). The van der Waals surface area contributed by atoms with Crippen LogP contribution in [0.2, 0.25) is 0 Å². The molecule has 146 valence electrons. The van der Waals surface area contributed by atoms with Gasteiger partial charge in [-0.25, -0.2) is 9.48 Å². The monoisotopic (exact) mass is 419 g/mol. The fourth-order valence-corrected chi connectivity index (χ4v) is 3.95. The number of benzene rings is 1. The number of carbonyl (C=O) groups excluding carboxylic acids is 2. The number of aromatic nitrogens is 5. The molecule has 0 saturated carbocycles. The summed E-state index contributed by atoms with van der Waals surface area (Å²) in [6.45, 7) is 1.92. The maximum atomic E-state index is 12.6. The highest BCUT2D eigenvalue weighted by atomic mass is 32.2. The van der Waals surface area contributed by atoms with E-state index in [2.05, 4.69) is 19.9 Å². The molecule has 0 fully saturated rings. The topological polar surface area (TPSA) is 129 Å². The average Bonchev–Trinajstić information content (AvgIpc) is 3.29. The molecule has 3 aromatic rings. The zero-order chi connectivity index (χ0) is 20.3. The highest BCUT2D eigenvalue weighted by Crippen LogP contribution is 2.36. The van der Waals surface area contributed by atoms with Crippen LogP contribution in [-0.4, -0.2) is 62.1 Å². The van der Waals surface area contributed by atoms with E-state index in [4.69, 9.17) is 10.5 Å². The first-order chi connectivity index (χ1) is 13.4. The fraction of sp³-hybridized carbons (Fsp3) is 0.250. The molecular weight excluding hydrogens is 402 g/mol. The van der Waals surface area contributed by atoms with E-state index in [0.717, 1.165) is 23.3 Å². The lowest BCUT2D eigenvalue weighted by molar-refractivity contribution is 0.0515. The second-order valence-electron chi connectivity index (χ2n) is 5.64. The lowest BCUT2D eigenvalue weighted by Crippen LogP contribution is -2.22. The van der Waals surface area contributed by atoms with Gasteiger partial charge in [0.1, 0.15) is 9.24 Å². The minimum absolute atomic E-state index is 0.0777. The first-order valence-electron chi connectivity index (χ1n) is 8.13. The Hall–Kier alpha value is -2.99. The second kappa shape index (κ2) is 8.35. The summed E-state index contributed by atoms with van der Waals surface area (Å²) in [5.41, 5.74) is 7.30. The molecule has 1 aromatic carbocycles. The van der Waals surface area contributed by atoms with Gasteiger partial charge < -0.3 is 15.4 Å². The van der Waals surface area contributed by atoms with E-state index in [1.165, 1.54) is 9.58 Å². The SMILES string of the molecule is CCOC(=O)c1nnsc1Sc1c(C(=O)N(C)C)nnn1-c1ccccc1N. The number of nitrogens with zero attached hydrogens (tertiary/aromatic N) is 6. The highest BCUT2D eigenvalue weighted by molar-refractivity contribution is 8.01. The molecule has 10 nitrogen and oxygen atoms in total. The summed E-state index contributed by atoms with van der Waals surface area (Å²) in [6.07, 6.45) is 0. The quantitative estimate of drug-likeness (QED) is 0.469. The number of nitrogen functional groups attached to an aromatic ring is 1. The molecule has 0 saturated heterocycles. The van der Waals surface area contributed by atoms with Crippen molar-refractivity contribution in [3.8, 4) is 5.69 Å². The summed E-state index contributed by atoms with van der Waals surface area (Å²) in [5.74, 6) is -0.920. The van der Waals surface area contributed by atoms with Crippen molar-refractivity contribution in [1.82, 2.24) is 29.5 Å². The Morgan fingerprint density at radius 1 is 1.25 bits per heavy atom. The number of hydrogen-bond donors (Lipinski definition) is 1. The summed E-state index contributed by atoms with van der Waals surface area (Å²) in [7, 11) is 3.23. The molecule has 0 spiro atoms. The van der Waals surface area contributed by atoms with Gasteiger partial charge in [-0.3, -0.25) is 4.79 Å². The van der Waals surface area contributed by atoms with E-state index in [9.17, 15) is 9.59 Å². The van der Waals surface area contributed by atoms with Crippen molar-refractivity contribution in [3.05, 3.63) is 35.7 Å². The Kier molecular flexibility index (Phi) is 5.90. The van der Waals surface area contributed by atoms with Crippen molar-refractivity contribution in [1.29, 1.82) is 0 Å². The molecule has 2 heterocycles. The third-order valence-electron chi connectivity index (χ3n) is 3.52. The molecule has 0 aliphatic carbocycles. The van der Waals surface area contributed by atoms with E-state index in [0.29, 0.717) is 20.6 Å². The van der Waals surface area contributed by atoms with Gasteiger partial charge in [0.05, 0.1) is 18.0 Å². The third-order valence-corrected chi connectivity index (χ3v) is 5.45. The number of carbonyl (C=O) groups is 2. The van der Waals surface area contributed by atoms with Crippen LogP contribution >= 0.6 is 23.3 Å². The Balaban J connectivity index is 2.10. The summed E-state index contributed by atoms with van der Waals surface area (Å²) in [5, 5.41) is 12.4. The number of amides is 1. The normalized spacial score (nSPS) is 10.7. The van der Waals surface area contributed by atoms with E-state index in [-0.39, 0.29) is 23.9 Å². The molecule has 1 amide bonds. The molecule has 0 radical (unpaired) electrons. The molecule has 0 atom stereocenters. The van der Waals surface area contributed by atoms with Gasteiger partial charge in [0, 0.05) is 14.1 Å². The summed E-state index contributed by atoms with van der Waals surface area (Å²) < 4.78 is 10.8. The molecule has 2 aromatic heterocycles. The summed E-state index contributed by atoms with van der Waals surface area (Å²) in [6, 6.07) is 7.07. The van der Waals surface area contributed by atoms with E-state index < -0.39 is 5.97 Å². The van der Waals surface area contributed by atoms with Gasteiger partial charge in [0.25, 0.3) is 5.91 Å². The van der Waals surface area contributed by atoms with E-state index in [1.807, 2.05) is 0 Å². The first kappa shape index (κ1) is 19.8. The van der Waals surface area contributed by atoms with Gasteiger partial charge in [-0.2, -0.15) is 0 Å². The first-order valence-corrected chi connectivity index (χ1v) is 9.72. The van der Waals surface area contributed by atoms with Gasteiger partial charge in [-0.15, -0.1) is 10.2 Å². The van der Waals surface area contributed by atoms with Gasteiger partial charge in [0.2, 0.25) is 0 Å². The Morgan fingerprint density at radius 2 is 2.00 bits per heavy atom. The molecule has 2 N–H and O–H groups in total. The predicted molar refractivity (Wildman–Crippen MR) is 104 cm³/mol. The van der Waals surface area contributed by atoms with Crippen LogP contribution in [0.25, 0.3) is 5.69 Å². The van der Waals surface area contributed by atoms with Crippen molar-refractivity contribution in [2.24, 2.45) is 0 Å². The minimum atomic E-state index is -0.586. The number of nitrogens with two attached hydrogens (primary N) is 1. The molecule has 28 heavy (non-hydrogen) atoms. The lowest BCUT2D eigenvalue weighted by Gasteiger charge is -2.11. The Morgan fingerprint density at radius 3 is 2.68 bits per heavy atom. The van der Waals surface area contributed by atoms with E-state index >= 15 is 0 Å². The maximum absolute atomic E-state index is 12.6. The smallest absolute Gasteiger partial charge is 0.361 e. The van der Waals surface area contributed by atoms with Crippen LogP contribution in [0.3, 0.4) is 0 Å². The van der Waals surface area contributed by atoms with Crippen LogP contribution in [0.1, 0.15) is 27.9 Å². The summed E-state index contributed by atoms with van der Waals surface area (Å²) in [4.78, 5) is 26.1. The average molecular weight is 419 g/mol. The number of para-hydroxylation sites is 2. The zero-order valence-electron chi connectivity index (χ0n) is 15.3. The fourth-order valence-electron chi connectivity index (χ4n) is 2.21. The van der Waals surface area contributed by atoms with Gasteiger partial charge >= 0.3 is 5.97 Å². The van der Waals surface area contributed by atoms with Crippen molar-refractivity contribution in [3.63, 3.8) is 0 Å². The number of ether oxygens (including phenoxy) is 1. The number of esters is 1. The van der Waals surface area contributed by atoms with Crippen LogP contribution in [-0.2, 0) is 4.74 Å². The number of rotatable bonds is 6. The number of hydrogen-bond acceptors (Lipinski definition) is 10. The molecule has 0 bridgehead atoms. The van der Waals surface area contributed by atoms with Crippen molar-refractivity contribution in [2.45, 2.75) is 16.2 Å². The van der Waals surface area contributed by atoms with Crippen molar-refractivity contribution in [2.75, 3.05) is 26.4 Å². The Labute approximate surface area is 168 Å². The Bertz CT molecular complexity index is 1020. The molecular formula is C16H17N7O3S2. The second-order valence-corrected chi connectivity index (χ2v) is 7.66. The zero-order valence-corrected chi connectivity index (χ0v) is 17.0. The van der Waals surface area contributed by atoms with Gasteiger partial charge in [0.15, 0.2) is 11.4 Å². The number of anilines is 1. The van der Waals surface area contributed by atoms with Crippen LogP contribution in [0, 0.1) is 0 Å². The van der Waals surface area contributed by atoms with Crippen molar-refractivity contribution >= 4 is 40.9 Å². The van der Waals surface area contributed by atoms with Gasteiger partial charge in [-0.1, -0.05) is 33.6 Å². The molecule has 0 aliphatic heterocycles. The third kappa shape index (κ3) is 3.82. The predicted octanol–water partition coefficient (Wildman–Crippen LogP) is 1.73. The van der Waals surface area contributed by atoms with Gasteiger partial charge in [-0.05, 0) is 30.6 Å². The lowest BCUT2D eigenvalue weighted by atomic mass is 10.3. The van der Waals surface area contributed by atoms with E-state index in [1.54, 1.807) is 45.3 Å². The van der Waals surface area contributed by atoms with Crippen LogP contribution in [0.15, 0.2) is 33.5 Å². The standard InChI is InChI=1S/C16H17N7O3S2/c1-4-26-15(25)12-16(28-21-19-12)27-14-11(13(24)22(2)3)18-20-23(14)10-8-6-5-7-9(10)17/h5-8H,4,17H2,1-3H3. The molecule has 0 unspecified atom stereocenters. The largest absolute Gasteiger partial charge is 0.461 e. The van der Waals surface area contributed by atoms with Crippen LogP contribution in [0.5, 0.6) is 0 Å². The highest BCUT2D eigenvalue weighted by Gasteiger charge is 2.27. The van der Waals surface area contributed by atoms with Crippen molar-refractivity contribution < 1.29 is 14.3 Å². The molecule has 12 heteroatoms. The minimum Gasteiger partial charge on any atom is -0.461 e.